The lowest BCUT2D eigenvalue weighted by molar-refractivity contribution is 0.206. The molecule has 0 saturated carbocycles. The molecule has 0 unspecified atom stereocenters. The Bertz CT molecular complexity index is 1470. The molecule has 6 nitrogen and oxygen atoms in total. The monoisotopic (exact) mass is 473 g/mol. The van der Waals surface area contributed by atoms with Gasteiger partial charge in [-0.3, -0.25) is 0 Å². The fourth-order valence-corrected chi connectivity index (χ4v) is 4.54. The molecule has 1 N–H and O–H groups in total. The van der Waals surface area contributed by atoms with Crippen LogP contribution >= 0.6 is 0 Å². The predicted molar refractivity (Wildman–Crippen MR) is 141 cm³/mol. The number of carbonyl (C=O) groups is 1. The van der Waals surface area contributed by atoms with Crippen molar-refractivity contribution in [3.05, 3.63) is 101 Å². The number of nitrogens with zero attached hydrogens (tertiary/aromatic N) is 4. The first kappa shape index (κ1) is 23.3. The van der Waals surface area contributed by atoms with Gasteiger partial charge in [-0.25, -0.2) is 14.8 Å². The van der Waals surface area contributed by atoms with E-state index < -0.39 is 0 Å². The molecule has 0 aliphatic carbocycles. The highest BCUT2D eigenvalue weighted by atomic mass is 16.2. The fraction of sp³-hybridized carbons (Fsp3) is 0.200. The Hall–Kier alpha value is -4.50. The van der Waals surface area contributed by atoms with Crippen LogP contribution in [-0.2, 0) is 19.4 Å². The van der Waals surface area contributed by atoms with E-state index in [1.165, 1.54) is 5.56 Å². The van der Waals surface area contributed by atoms with Crippen molar-refractivity contribution in [3.63, 3.8) is 0 Å². The molecule has 2 amide bonds. The number of anilines is 1. The van der Waals surface area contributed by atoms with Crippen molar-refractivity contribution < 1.29 is 4.79 Å². The summed E-state index contributed by atoms with van der Waals surface area (Å²) in [6.07, 6.45) is 1.56. The number of aromatic nitrogens is 2. The van der Waals surface area contributed by atoms with E-state index in [0.717, 1.165) is 45.7 Å². The summed E-state index contributed by atoms with van der Waals surface area (Å²) in [4.78, 5) is 24.9. The third-order valence-corrected chi connectivity index (χ3v) is 6.61. The summed E-state index contributed by atoms with van der Waals surface area (Å²) in [6.45, 7) is 5.18. The second kappa shape index (κ2) is 10.0. The number of amides is 2. The van der Waals surface area contributed by atoms with Crippen molar-refractivity contribution in [2.45, 2.75) is 33.2 Å². The number of carbonyl (C=O) groups excluding carboxylic acids is 1. The maximum Gasteiger partial charge on any atom is 0.322 e. The highest BCUT2D eigenvalue weighted by Crippen LogP contribution is 2.32. The van der Waals surface area contributed by atoms with Gasteiger partial charge in [-0.05, 0) is 60.9 Å². The Morgan fingerprint density at radius 1 is 1.06 bits per heavy atom. The minimum atomic E-state index is -0.124. The van der Waals surface area contributed by atoms with Gasteiger partial charge in [0.2, 0.25) is 0 Å². The van der Waals surface area contributed by atoms with Gasteiger partial charge in [0.25, 0.3) is 0 Å². The zero-order valence-electron chi connectivity index (χ0n) is 20.5. The Labute approximate surface area is 211 Å². The van der Waals surface area contributed by atoms with E-state index in [-0.39, 0.29) is 6.03 Å². The first-order valence-electron chi connectivity index (χ1n) is 12.2. The van der Waals surface area contributed by atoms with Crippen molar-refractivity contribution >= 4 is 11.7 Å². The first-order valence-corrected chi connectivity index (χ1v) is 12.2. The number of hydrogen-bond donors (Lipinski definition) is 1. The highest BCUT2D eigenvalue weighted by Gasteiger charge is 2.27. The summed E-state index contributed by atoms with van der Waals surface area (Å²) in [5.74, 6) is 0.630. The van der Waals surface area contributed by atoms with Crippen LogP contribution in [0.1, 0.15) is 34.9 Å². The summed E-state index contributed by atoms with van der Waals surface area (Å²) in [6, 6.07) is 25.5. The Kier molecular flexibility index (Phi) is 6.46. The quantitative estimate of drug-likeness (QED) is 0.386. The highest BCUT2D eigenvalue weighted by molar-refractivity contribution is 5.89. The molecule has 5 rings (SSSR count). The largest absolute Gasteiger partial charge is 0.322 e. The van der Waals surface area contributed by atoms with E-state index in [9.17, 15) is 4.79 Å². The minimum Gasteiger partial charge on any atom is -0.320 e. The first-order chi connectivity index (χ1) is 17.6. The molecule has 178 valence electrons. The van der Waals surface area contributed by atoms with Crippen LogP contribution in [0.2, 0.25) is 0 Å². The third-order valence-electron chi connectivity index (χ3n) is 6.61. The fourth-order valence-electron chi connectivity index (χ4n) is 4.54. The van der Waals surface area contributed by atoms with Crippen LogP contribution in [0, 0.1) is 18.3 Å². The summed E-state index contributed by atoms with van der Waals surface area (Å²) in [5, 5.41) is 12.2. The Balaban J connectivity index is 1.51. The van der Waals surface area contributed by atoms with Gasteiger partial charge in [0.1, 0.15) is 0 Å². The van der Waals surface area contributed by atoms with Crippen molar-refractivity contribution in [1.82, 2.24) is 14.9 Å². The van der Waals surface area contributed by atoms with E-state index in [0.29, 0.717) is 30.9 Å². The van der Waals surface area contributed by atoms with Crippen molar-refractivity contribution in [2.24, 2.45) is 0 Å². The second-order valence-corrected chi connectivity index (χ2v) is 8.98. The topological polar surface area (TPSA) is 81.9 Å². The van der Waals surface area contributed by atoms with Gasteiger partial charge < -0.3 is 10.2 Å². The predicted octanol–water partition coefficient (Wildman–Crippen LogP) is 6.14. The molecule has 0 bridgehead atoms. The van der Waals surface area contributed by atoms with Crippen LogP contribution in [0.5, 0.6) is 0 Å². The average molecular weight is 474 g/mol. The smallest absolute Gasteiger partial charge is 0.320 e. The van der Waals surface area contributed by atoms with E-state index >= 15 is 0 Å². The maximum absolute atomic E-state index is 13.2. The number of nitriles is 1. The lowest BCUT2D eigenvalue weighted by Crippen LogP contribution is -2.39. The van der Waals surface area contributed by atoms with Gasteiger partial charge >= 0.3 is 6.03 Å². The summed E-state index contributed by atoms with van der Waals surface area (Å²) in [5.41, 5.74) is 8.38. The van der Waals surface area contributed by atoms with E-state index in [1.54, 1.807) is 12.1 Å². The van der Waals surface area contributed by atoms with E-state index in [2.05, 4.69) is 43.4 Å². The normalized spacial score (nSPS) is 12.5. The van der Waals surface area contributed by atoms with Crippen molar-refractivity contribution in [2.75, 3.05) is 11.9 Å². The number of nitrogens with one attached hydrogen (secondary N) is 1. The maximum atomic E-state index is 13.2. The van der Waals surface area contributed by atoms with Gasteiger partial charge in [0.05, 0.1) is 29.6 Å². The molecule has 1 aromatic heterocycles. The van der Waals surface area contributed by atoms with Crippen LogP contribution in [0.15, 0.2) is 72.8 Å². The molecule has 1 aliphatic rings. The lowest BCUT2D eigenvalue weighted by atomic mass is 9.96. The Morgan fingerprint density at radius 3 is 2.61 bits per heavy atom. The molecule has 36 heavy (non-hydrogen) atoms. The van der Waals surface area contributed by atoms with Crippen LogP contribution < -0.4 is 5.32 Å². The van der Waals surface area contributed by atoms with Gasteiger partial charge in [0, 0.05) is 35.3 Å². The number of urea groups is 1. The third kappa shape index (κ3) is 4.69. The molecule has 0 fully saturated rings. The molecular weight excluding hydrogens is 446 g/mol. The molecule has 0 spiro atoms. The minimum absolute atomic E-state index is 0.124. The van der Waals surface area contributed by atoms with Crippen LogP contribution in [0.25, 0.3) is 22.6 Å². The van der Waals surface area contributed by atoms with Crippen LogP contribution in [0.3, 0.4) is 0 Å². The average Bonchev–Trinajstić information content (AvgIpc) is 2.92. The number of aryl methyl sites for hydroxylation is 2. The number of hydrogen-bond acceptors (Lipinski definition) is 4. The summed E-state index contributed by atoms with van der Waals surface area (Å²) in [7, 11) is 0. The molecule has 6 heteroatoms. The molecule has 0 saturated heterocycles. The zero-order chi connectivity index (χ0) is 25.1. The molecule has 0 atom stereocenters. The molecule has 1 aliphatic heterocycles. The molecular formula is C30H27N5O. The lowest BCUT2D eigenvalue weighted by Gasteiger charge is -2.30. The van der Waals surface area contributed by atoms with Crippen LogP contribution in [0.4, 0.5) is 10.5 Å². The Morgan fingerprint density at radius 2 is 1.86 bits per heavy atom. The zero-order valence-corrected chi connectivity index (χ0v) is 20.5. The standard InChI is InChI=1S/C30H27N5O/c1-3-21-8-6-9-24(17-21)32-30(36)35-16-15-27-26(19-35)28(25-10-5-4-7-20(25)2)34-29(33-27)23-13-11-22(18-31)12-14-23/h4-14,17H,3,15-16,19H2,1-2H3,(H,32,36). The van der Waals surface area contributed by atoms with Crippen molar-refractivity contribution in [1.29, 1.82) is 5.26 Å². The summed E-state index contributed by atoms with van der Waals surface area (Å²) < 4.78 is 0. The molecule has 4 aromatic rings. The molecule has 0 radical (unpaired) electrons. The van der Waals surface area contributed by atoms with Gasteiger partial charge in [-0.15, -0.1) is 0 Å². The number of benzene rings is 3. The van der Waals surface area contributed by atoms with Gasteiger partial charge in [0.15, 0.2) is 5.82 Å². The number of fused-ring (bicyclic) bond motifs is 1. The van der Waals surface area contributed by atoms with Gasteiger partial charge in [-0.2, -0.15) is 5.26 Å². The van der Waals surface area contributed by atoms with E-state index in [1.807, 2.05) is 47.4 Å². The number of rotatable bonds is 4. The van der Waals surface area contributed by atoms with Gasteiger partial charge in [-0.1, -0.05) is 43.3 Å². The SMILES string of the molecule is CCc1cccc(NC(=O)N2CCc3nc(-c4ccc(C#N)cc4)nc(-c4ccccc4C)c3C2)c1. The van der Waals surface area contributed by atoms with Crippen LogP contribution in [-0.4, -0.2) is 27.4 Å². The van der Waals surface area contributed by atoms with Crippen molar-refractivity contribution in [3.8, 4) is 28.7 Å². The second-order valence-electron chi connectivity index (χ2n) is 8.98. The van der Waals surface area contributed by atoms with E-state index in [4.69, 9.17) is 15.2 Å². The molecule has 2 heterocycles. The molecule has 3 aromatic carbocycles. The summed E-state index contributed by atoms with van der Waals surface area (Å²) >= 11 is 0.